The molecule has 2 aromatic carbocycles. The van der Waals surface area contributed by atoms with Gasteiger partial charge in [-0.15, -0.1) is 11.8 Å². The number of nitrogens with zero attached hydrogens (tertiary/aromatic N) is 1. The van der Waals surface area contributed by atoms with Crippen molar-refractivity contribution in [2.45, 2.75) is 4.90 Å². The van der Waals surface area contributed by atoms with Gasteiger partial charge in [0.1, 0.15) is 5.82 Å². The maximum absolute atomic E-state index is 13.5. The maximum atomic E-state index is 13.5. The molecule has 1 aromatic heterocycles. The van der Waals surface area contributed by atoms with E-state index in [0.29, 0.717) is 0 Å². The van der Waals surface area contributed by atoms with E-state index in [-0.39, 0.29) is 5.82 Å². The molecule has 0 saturated carbocycles. The molecule has 22 heavy (non-hydrogen) atoms. The first kappa shape index (κ1) is 15.5. The van der Waals surface area contributed by atoms with E-state index in [2.05, 4.69) is 52.9 Å². The summed E-state index contributed by atoms with van der Waals surface area (Å²) in [5.74, 6) is -0.246. The van der Waals surface area contributed by atoms with Crippen molar-refractivity contribution < 1.29 is 4.39 Å². The van der Waals surface area contributed by atoms with E-state index in [1.54, 1.807) is 17.8 Å². The van der Waals surface area contributed by atoms with Crippen LogP contribution in [0.2, 0.25) is 0 Å². The van der Waals surface area contributed by atoms with E-state index < -0.39 is 0 Å². The van der Waals surface area contributed by atoms with Crippen LogP contribution in [0.4, 0.5) is 4.39 Å². The van der Waals surface area contributed by atoms with Crippen LogP contribution >= 0.6 is 34.4 Å². The van der Waals surface area contributed by atoms with E-state index in [9.17, 15) is 4.39 Å². The molecule has 0 aliphatic rings. The predicted octanol–water partition coefficient (Wildman–Crippen LogP) is 5.88. The molecule has 0 atom stereocenters. The molecule has 0 radical (unpaired) electrons. The SMILES string of the molecule is CSc1cc(-c2ccc(I)cc2)nc(-c2cccc(F)c2)c1. The second-order valence-electron chi connectivity index (χ2n) is 4.79. The van der Waals surface area contributed by atoms with Crippen LogP contribution in [-0.2, 0) is 0 Å². The Labute approximate surface area is 147 Å². The summed E-state index contributed by atoms with van der Waals surface area (Å²) >= 11 is 3.94. The summed E-state index contributed by atoms with van der Waals surface area (Å²) in [5, 5.41) is 0. The monoisotopic (exact) mass is 421 g/mol. The van der Waals surface area contributed by atoms with Gasteiger partial charge in [-0.05, 0) is 65.2 Å². The van der Waals surface area contributed by atoms with Gasteiger partial charge >= 0.3 is 0 Å². The van der Waals surface area contributed by atoms with Gasteiger partial charge in [-0.3, -0.25) is 0 Å². The number of pyridine rings is 1. The van der Waals surface area contributed by atoms with Gasteiger partial charge in [-0.25, -0.2) is 9.37 Å². The smallest absolute Gasteiger partial charge is 0.123 e. The Morgan fingerprint density at radius 2 is 1.59 bits per heavy atom. The highest BCUT2D eigenvalue weighted by atomic mass is 127. The van der Waals surface area contributed by atoms with Crippen LogP contribution in [0.3, 0.4) is 0 Å². The minimum absolute atomic E-state index is 0.246. The molecular weight excluding hydrogens is 408 g/mol. The summed E-state index contributed by atoms with van der Waals surface area (Å²) < 4.78 is 14.7. The lowest BCUT2D eigenvalue weighted by atomic mass is 10.1. The third kappa shape index (κ3) is 3.50. The molecule has 3 aromatic rings. The Morgan fingerprint density at radius 1 is 0.909 bits per heavy atom. The molecule has 1 heterocycles. The Kier molecular flexibility index (Phi) is 4.78. The van der Waals surface area contributed by atoms with E-state index in [4.69, 9.17) is 4.98 Å². The minimum Gasteiger partial charge on any atom is -0.248 e. The van der Waals surface area contributed by atoms with Crippen molar-refractivity contribution >= 4 is 34.4 Å². The van der Waals surface area contributed by atoms with Crippen LogP contribution < -0.4 is 0 Å². The van der Waals surface area contributed by atoms with Gasteiger partial charge in [0.15, 0.2) is 0 Å². The molecule has 3 rings (SSSR count). The van der Waals surface area contributed by atoms with Crippen molar-refractivity contribution in [1.82, 2.24) is 4.98 Å². The molecule has 0 unspecified atom stereocenters. The maximum Gasteiger partial charge on any atom is 0.123 e. The van der Waals surface area contributed by atoms with Crippen molar-refractivity contribution in [2.75, 3.05) is 6.26 Å². The molecular formula is C18H13FINS. The zero-order valence-electron chi connectivity index (χ0n) is 11.9. The molecule has 0 fully saturated rings. The summed E-state index contributed by atoms with van der Waals surface area (Å²) in [4.78, 5) is 5.82. The van der Waals surface area contributed by atoms with Gasteiger partial charge in [-0.2, -0.15) is 0 Å². The predicted molar refractivity (Wildman–Crippen MR) is 99.6 cm³/mol. The number of halogens is 2. The number of thioether (sulfide) groups is 1. The van der Waals surface area contributed by atoms with E-state index in [1.165, 1.54) is 15.7 Å². The lowest BCUT2D eigenvalue weighted by Gasteiger charge is -2.08. The van der Waals surface area contributed by atoms with Gasteiger partial charge in [0.25, 0.3) is 0 Å². The van der Waals surface area contributed by atoms with Crippen molar-refractivity contribution in [2.24, 2.45) is 0 Å². The zero-order chi connectivity index (χ0) is 15.5. The first-order valence-corrected chi connectivity index (χ1v) is 9.04. The van der Waals surface area contributed by atoms with Crippen LogP contribution in [0.25, 0.3) is 22.5 Å². The highest BCUT2D eigenvalue weighted by Crippen LogP contribution is 2.29. The van der Waals surface area contributed by atoms with Crippen LogP contribution in [0.15, 0.2) is 65.6 Å². The normalized spacial score (nSPS) is 10.7. The summed E-state index contributed by atoms with van der Waals surface area (Å²) in [5.41, 5.74) is 3.55. The summed E-state index contributed by atoms with van der Waals surface area (Å²) in [6, 6.07) is 18.9. The summed E-state index contributed by atoms with van der Waals surface area (Å²) in [7, 11) is 0. The lowest BCUT2D eigenvalue weighted by molar-refractivity contribution is 0.628. The molecule has 0 N–H and O–H groups in total. The van der Waals surface area contributed by atoms with Crippen molar-refractivity contribution in [3.8, 4) is 22.5 Å². The van der Waals surface area contributed by atoms with Gasteiger partial charge in [0, 0.05) is 19.6 Å². The van der Waals surface area contributed by atoms with Gasteiger partial charge in [0.05, 0.1) is 11.4 Å². The average Bonchev–Trinajstić information content (AvgIpc) is 2.55. The zero-order valence-corrected chi connectivity index (χ0v) is 14.9. The van der Waals surface area contributed by atoms with E-state index in [1.807, 2.05) is 18.4 Å². The van der Waals surface area contributed by atoms with Crippen LogP contribution in [-0.4, -0.2) is 11.2 Å². The number of hydrogen-bond donors (Lipinski definition) is 0. The molecule has 0 bridgehead atoms. The molecule has 0 aliphatic heterocycles. The first-order valence-electron chi connectivity index (χ1n) is 6.73. The second-order valence-corrected chi connectivity index (χ2v) is 6.92. The number of benzene rings is 2. The Morgan fingerprint density at radius 3 is 2.23 bits per heavy atom. The largest absolute Gasteiger partial charge is 0.248 e. The standard InChI is InChI=1S/C18H13FINS/c1-22-16-10-17(12-5-7-15(20)8-6-12)21-18(11-16)13-3-2-4-14(19)9-13/h2-11H,1H3. The van der Waals surface area contributed by atoms with Crippen molar-refractivity contribution in [3.63, 3.8) is 0 Å². The summed E-state index contributed by atoms with van der Waals surface area (Å²) in [6.45, 7) is 0. The lowest BCUT2D eigenvalue weighted by Crippen LogP contribution is -1.90. The van der Waals surface area contributed by atoms with Gasteiger partial charge < -0.3 is 0 Å². The van der Waals surface area contributed by atoms with E-state index >= 15 is 0 Å². The number of aromatic nitrogens is 1. The summed E-state index contributed by atoms with van der Waals surface area (Å²) in [6.07, 6.45) is 2.03. The minimum atomic E-state index is -0.246. The molecule has 4 heteroatoms. The highest BCUT2D eigenvalue weighted by molar-refractivity contribution is 14.1. The fourth-order valence-electron chi connectivity index (χ4n) is 2.19. The fourth-order valence-corrected chi connectivity index (χ4v) is 3.01. The topological polar surface area (TPSA) is 12.9 Å². The highest BCUT2D eigenvalue weighted by Gasteiger charge is 2.07. The Bertz CT molecular complexity index is 802. The van der Waals surface area contributed by atoms with Crippen molar-refractivity contribution in [1.29, 1.82) is 0 Å². The van der Waals surface area contributed by atoms with Crippen LogP contribution in [0, 0.1) is 9.39 Å². The third-order valence-corrected chi connectivity index (χ3v) is 4.72. The Balaban J connectivity index is 2.12. The molecule has 1 nitrogen and oxygen atoms in total. The second kappa shape index (κ2) is 6.79. The van der Waals surface area contributed by atoms with Gasteiger partial charge in [0.2, 0.25) is 0 Å². The van der Waals surface area contributed by atoms with Crippen molar-refractivity contribution in [3.05, 3.63) is 70.1 Å². The average molecular weight is 421 g/mol. The van der Waals surface area contributed by atoms with Crippen LogP contribution in [0.5, 0.6) is 0 Å². The fraction of sp³-hybridized carbons (Fsp3) is 0.0556. The van der Waals surface area contributed by atoms with E-state index in [0.717, 1.165) is 27.4 Å². The molecule has 0 aliphatic carbocycles. The Hall–Kier alpha value is -1.40. The van der Waals surface area contributed by atoms with Gasteiger partial charge in [-0.1, -0.05) is 24.3 Å². The first-order chi connectivity index (χ1) is 10.7. The molecule has 0 spiro atoms. The number of hydrogen-bond acceptors (Lipinski definition) is 2. The van der Waals surface area contributed by atoms with Crippen LogP contribution in [0.1, 0.15) is 0 Å². The quantitative estimate of drug-likeness (QED) is 0.387. The third-order valence-electron chi connectivity index (χ3n) is 3.29. The number of rotatable bonds is 3. The molecule has 0 saturated heterocycles. The molecule has 0 amide bonds. The molecule has 110 valence electrons.